The molecule has 0 aromatic carbocycles. The minimum Gasteiger partial charge on any atom is -0.478 e. The molecule has 1 heterocycles. The minimum atomic E-state index is -1.01. The highest BCUT2D eigenvalue weighted by Gasteiger charge is 2.21. The number of hydrogen-bond acceptors (Lipinski definition) is 4. The molecule has 2 amide bonds. The molecule has 0 saturated carbocycles. The second-order valence-corrected chi connectivity index (χ2v) is 8.45. The Morgan fingerprint density at radius 3 is 2.00 bits per heavy atom. The molecule has 1 fully saturated rings. The van der Waals surface area contributed by atoms with Gasteiger partial charge >= 0.3 is 5.97 Å². The van der Waals surface area contributed by atoms with Gasteiger partial charge in [-0.15, -0.1) is 0 Å². The zero-order valence-electron chi connectivity index (χ0n) is 21.1. The number of carbonyl (C=O) groups excluding carboxylic acids is 2. The Morgan fingerprint density at radius 2 is 1.61 bits per heavy atom. The molecular formula is C24H47N3O4. The monoisotopic (exact) mass is 441 g/mol. The molecule has 0 radical (unpaired) electrons. The van der Waals surface area contributed by atoms with Crippen LogP contribution in [0.4, 0.5) is 0 Å². The molecule has 0 aromatic heterocycles. The van der Waals surface area contributed by atoms with Crippen molar-refractivity contribution in [3.8, 4) is 0 Å². The maximum atomic E-state index is 11.7. The van der Waals surface area contributed by atoms with Gasteiger partial charge in [-0.3, -0.25) is 9.59 Å². The van der Waals surface area contributed by atoms with Gasteiger partial charge in [0.05, 0.1) is 12.6 Å². The summed E-state index contributed by atoms with van der Waals surface area (Å²) in [4.78, 5) is 36.7. The molecule has 1 saturated heterocycles. The van der Waals surface area contributed by atoms with Gasteiger partial charge in [0.15, 0.2) is 0 Å². The van der Waals surface area contributed by atoms with E-state index in [0.717, 1.165) is 6.04 Å². The minimum absolute atomic E-state index is 0.0736. The first-order valence-corrected chi connectivity index (χ1v) is 11.6. The number of carbonyl (C=O) groups is 3. The van der Waals surface area contributed by atoms with Gasteiger partial charge in [0.25, 0.3) is 0 Å². The number of likely N-dealkylation sites (N-methyl/N-ethyl adjacent to an activating group) is 1. The van der Waals surface area contributed by atoms with Crippen molar-refractivity contribution in [2.45, 2.75) is 92.7 Å². The lowest BCUT2D eigenvalue weighted by atomic mass is 10.00. The summed E-state index contributed by atoms with van der Waals surface area (Å²) in [5.74, 6) is -1.20. The summed E-state index contributed by atoms with van der Waals surface area (Å²) < 4.78 is 0. The van der Waals surface area contributed by atoms with Crippen LogP contribution in [0.25, 0.3) is 0 Å². The largest absolute Gasteiger partial charge is 0.478 e. The Kier molecular flexibility index (Phi) is 19.0. The molecule has 0 spiro atoms. The predicted octanol–water partition coefficient (Wildman–Crippen LogP) is 3.93. The number of likely N-dealkylation sites (tertiary alicyclic amines) is 1. The first-order valence-electron chi connectivity index (χ1n) is 11.6. The third kappa shape index (κ3) is 14.7. The average Bonchev–Trinajstić information content (AvgIpc) is 2.75. The molecule has 1 aliphatic rings. The number of carboxylic acids is 1. The Morgan fingerprint density at radius 1 is 1.10 bits per heavy atom. The van der Waals surface area contributed by atoms with E-state index in [-0.39, 0.29) is 30.0 Å². The van der Waals surface area contributed by atoms with Crippen LogP contribution in [0, 0.1) is 5.92 Å². The lowest BCUT2D eigenvalue weighted by molar-refractivity contribution is -0.133. The summed E-state index contributed by atoms with van der Waals surface area (Å²) in [7, 11) is 1.59. The lowest BCUT2D eigenvalue weighted by Gasteiger charge is -2.31. The van der Waals surface area contributed by atoms with Crippen molar-refractivity contribution < 1.29 is 19.5 Å². The Hall–Kier alpha value is -1.89. The van der Waals surface area contributed by atoms with Crippen LogP contribution in [-0.2, 0) is 14.4 Å². The number of amides is 2. The number of piperidine rings is 1. The summed E-state index contributed by atoms with van der Waals surface area (Å²) in [6.45, 7) is 16.7. The highest BCUT2D eigenvalue weighted by Crippen LogP contribution is 2.14. The van der Waals surface area contributed by atoms with Gasteiger partial charge in [0.2, 0.25) is 12.3 Å². The van der Waals surface area contributed by atoms with Gasteiger partial charge < -0.3 is 20.2 Å². The lowest BCUT2D eigenvalue weighted by Crippen LogP contribution is -2.43. The van der Waals surface area contributed by atoms with E-state index in [2.05, 4.69) is 37.9 Å². The van der Waals surface area contributed by atoms with Crippen molar-refractivity contribution in [1.82, 2.24) is 15.1 Å². The maximum Gasteiger partial charge on any atom is 0.331 e. The van der Waals surface area contributed by atoms with Crippen LogP contribution in [0.3, 0.4) is 0 Å². The van der Waals surface area contributed by atoms with E-state index in [0.29, 0.717) is 6.41 Å². The molecule has 0 aliphatic carbocycles. The van der Waals surface area contributed by atoms with Gasteiger partial charge in [-0.2, -0.15) is 0 Å². The van der Waals surface area contributed by atoms with Crippen molar-refractivity contribution >= 4 is 18.3 Å². The Bertz CT molecular complexity index is 529. The van der Waals surface area contributed by atoms with E-state index < -0.39 is 5.97 Å². The maximum absolute atomic E-state index is 11.7. The molecule has 2 atom stereocenters. The van der Waals surface area contributed by atoms with E-state index in [4.69, 9.17) is 5.11 Å². The van der Waals surface area contributed by atoms with Gasteiger partial charge in [0, 0.05) is 18.7 Å². The molecule has 1 aliphatic heterocycles. The molecule has 31 heavy (non-hydrogen) atoms. The molecule has 2 N–H and O–H groups in total. The molecule has 1 rings (SSSR count). The topological polar surface area (TPSA) is 90.0 Å². The van der Waals surface area contributed by atoms with Crippen LogP contribution in [-0.4, -0.2) is 72.0 Å². The van der Waals surface area contributed by atoms with Gasteiger partial charge in [-0.1, -0.05) is 53.5 Å². The van der Waals surface area contributed by atoms with Gasteiger partial charge in [-0.05, 0) is 52.1 Å². The van der Waals surface area contributed by atoms with E-state index in [1.165, 1.54) is 57.0 Å². The fourth-order valence-electron chi connectivity index (χ4n) is 3.12. The molecule has 1 unspecified atom stereocenters. The smallest absolute Gasteiger partial charge is 0.331 e. The average molecular weight is 442 g/mol. The predicted molar refractivity (Wildman–Crippen MR) is 128 cm³/mol. The summed E-state index contributed by atoms with van der Waals surface area (Å²) >= 11 is 0. The molecule has 0 aromatic rings. The Labute approximate surface area is 190 Å². The molecule has 0 bridgehead atoms. The van der Waals surface area contributed by atoms with Crippen LogP contribution in [0.5, 0.6) is 0 Å². The van der Waals surface area contributed by atoms with Crippen molar-refractivity contribution in [2.75, 3.05) is 26.7 Å². The highest BCUT2D eigenvalue weighted by molar-refractivity contribution is 5.86. The fourth-order valence-corrected chi connectivity index (χ4v) is 3.12. The van der Waals surface area contributed by atoms with E-state index in [1.54, 1.807) is 13.1 Å². The zero-order chi connectivity index (χ0) is 24.4. The van der Waals surface area contributed by atoms with Crippen molar-refractivity contribution in [1.29, 1.82) is 0 Å². The van der Waals surface area contributed by atoms with Crippen LogP contribution in [0.2, 0.25) is 0 Å². The fraction of sp³-hybridized carbons (Fsp3) is 0.792. The summed E-state index contributed by atoms with van der Waals surface area (Å²) in [6, 6.07) is 0.502. The molecule has 182 valence electrons. The molecule has 7 nitrogen and oxygen atoms in total. The number of nitrogens with one attached hydrogen (secondary N) is 1. The summed E-state index contributed by atoms with van der Waals surface area (Å²) in [6.07, 6.45) is 8.85. The van der Waals surface area contributed by atoms with Gasteiger partial charge in [-0.25, -0.2) is 4.79 Å². The van der Waals surface area contributed by atoms with E-state index >= 15 is 0 Å². The number of nitrogens with zero attached hydrogens (tertiary/aromatic N) is 2. The SMILES string of the molecule is C/C(=C\[C@H](C(C)C)N(C)C(=O)CNC=O)C(=O)O.CCC.CCC(C)N1CCCCC1. The number of hydrogen-bond donors (Lipinski definition) is 2. The van der Waals surface area contributed by atoms with Crippen LogP contribution >= 0.6 is 0 Å². The number of carboxylic acid groups (broad SMARTS) is 1. The third-order valence-corrected chi connectivity index (χ3v) is 5.22. The second-order valence-electron chi connectivity index (χ2n) is 8.45. The number of rotatable bonds is 9. The van der Waals surface area contributed by atoms with Crippen LogP contribution < -0.4 is 5.32 Å². The standard InChI is InChI=1S/C12H20N2O4.C9H19N.C3H8/c1-8(2)10(5-9(3)12(17)18)14(4)11(16)6-13-7-15;1-3-9(2)10-7-5-4-6-8-10;1-3-2/h5,7-8,10H,6H2,1-4H3,(H,13,15)(H,17,18);9H,3-8H2,1-2H3;3H2,1-2H3/b9-5+;;/t10-;;/m1../s1. The first-order chi connectivity index (χ1) is 14.6. The summed E-state index contributed by atoms with van der Waals surface area (Å²) in [5, 5.41) is 11.1. The van der Waals surface area contributed by atoms with Gasteiger partial charge in [0.1, 0.15) is 0 Å². The van der Waals surface area contributed by atoms with Crippen LogP contribution in [0.15, 0.2) is 11.6 Å². The summed E-state index contributed by atoms with van der Waals surface area (Å²) in [5.41, 5.74) is 0.191. The second kappa shape index (κ2) is 18.8. The van der Waals surface area contributed by atoms with E-state index in [1.807, 2.05) is 13.8 Å². The first kappa shape index (κ1) is 31.3. The Balaban J connectivity index is 0. The molecular weight excluding hydrogens is 394 g/mol. The third-order valence-electron chi connectivity index (χ3n) is 5.22. The normalized spacial score (nSPS) is 16.1. The van der Waals surface area contributed by atoms with Crippen molar-refractivity contribution in [3.63, 3.8) is 0 Å². The zero-order valence-corrected chi connectivity index (χ0v) is 21.1. The van der Waals surface area contributed by atoms with Crippen molar-refractivity contribution in [2.24, 2.45) is 5.92 Å². The number of aliphatic carboxylic acids is 1. The highest BCUT2D eigenvalue weighted by atomic mass is 16.4. The quantitative estimate of drug-likeness (QED) is 0.418. The van der Waals surface area contributed by atoms with E-state index in [9.17, 15) is 14.4 Å². The van der Waals surface area contributed by atoms with Crippen LogP contribution in [0.1, 0.15) is 80.6 Å². The molecule has 7 heteroatoms. The van der Waals surface area contributed by atoms with Crippen molar-refractivity contribution in [3.05, 3.63) is 11.6 Å².